The maximum absolute atomic E-state index is 4.69. The minimum absolute atomic E-state index is 0.737. The van der Waals surface area contributed by atoms with E-state index in [2.05, 4.69) is 28.8 Å². The first-order chi connectivity index (χ1) is 4.34. The molecule has 0 N–H and O–H groups in total. The number of halogens is 1. The SMILES string of the molecule is SOc1ccccc1Br. The Morgan fingerprint density at radius 3 is 2.44 bits per heavy atom. The molecule has 0 aliphatic carbocycles. The van der Waals surface area contributed by atoms with E-state index in [-0.39, 0.29) is 0 Å². The van der Waals surface area contributed by atoms with Crippen LogP contribution in [0.25, 0.3) is 0 Å². The summed E-state index contributed by atoms with van der Waals surface area (Å²) in [5, 5.41) is 0. The average molecular weight is 205 g/mol. The first-order valence-corrected chi connectivity index (χ1v) is 3.56. The molecule has 1 aromatic rings. The van der Waals surface area contributed by atoms with Crippen molar-refractivity contribution in [3.8, 4) is 5.75 Å². The van der Waals surface area contributed by atoms with Crippen LogP contribution in [0.1, 0.15) is 0 Å². The largest absolute Gasteiger partial charge is 0.428 e. The van der Waals surface area contributed by atoms with Crippen molar-refractivity contribution in [2.24, 2.45) is 0 Å². The normalized spacial score (nSPS) is 9.11. The molecule has 0 heterocycles. The van der Waals surface area contributed by atoms with Gasteiger partial charge in [0, 0.05) is 12.9 Å². The lowest BCUT2D eigenvalue weighted by atomic mass is 10.3. The second-order valence-electron chi connectivity index (χ2n) is 1.52. The summed E-state index contributed by atoms with van der Waals surface area (Å²) >= 11 is 6.93. The number of thiol groups is 1. The molecular weight excluding hydrogens is 200 g/mol. The molecule has 1 rings (SSSR count). The molecule has 1 nitrogen and oxygen atoms in total. The van der Waals surface area contributed by atoms with E-state index in [1.54, 1.807) is 0 Å². The second kappa shape index (κ2) is 3.13. The van der Waals surface area contributed by atoms with Gasteiger partial charge in [0.15, 0.2) is 5.75 Å². The first kappa shape index (κ1) is 6.96. The molecule has 0 aliphatic heterocycles. The Kier molecular flexibility index (Phi) is 2.42. The fraction of sp³-hybridized carbons (Fsp3) is 0. The van der Waals surface area contributed by atoms with E-state index in [9.17, 15) is 0 Å². The molecule has 9 heavy (non-hydrogen) atoms. The molecule has 0 aliphatic rings. The van der Waals surface area contributed by atoms with Crippen molar-refractivity contribution in [1.29, 1.82) is 0 Å². The van der Waals surface area contributed by atoms with Gasteiger partial charge in [-0.2, -0.15) is 0 Å². The van der Waals surface area contributed by atoms with Crippen LogP contribution in [0, 0.1) is 0 Å². The van der Waals surface area contributed by atoms with Gasteiger partial charge >= 0.3 is 0 Å². The number of para-hydroxylation sites is 1. The number of hydrogen-bond acceptors (Lipinski definition) is 2. The van der Waals surface area contributed by atoms with Crippen LogP contribution in [0.4, 0.5) is 0 Å². The number of rotatable bonds is 1. The summed E-state index contributed by atoms with van der Waals surface area (Å²) in [6.45, 7) is 0. The summed E-state index contributed by atoms with van der Waals surface area (Å²) in [5.74, 6) is 0.737. The molecule has 0 saturated heterocycles. The van der Waals surface area contributed by atoms with Gasteiger partial charge in [-0.25, -0.2) is 0 Å². The van der Waals surface area contributed by atoms with Crippen LogP contribution < -0.4 is 4.18 Å². The third kappa shape index (κ3) is 1.63. The standard InChI is InChI=1S/C6H5BrOS/c7-5-3-1-2-4-6(5)8-9/h1-4,9H. The predicted molar refractivity (Wildman–Crippen MR) is 43.8 cm³/mol. The number of hydrogen-bond donors (Lipinski definition) is 1. The van der Waals surface area contributed by atoms with Gasteiger partial charge in [0.1, 0.15) is 0 Å². The molecular formula is C6H5BrOS. The number of benzene rings is 1. The van der Waals surface area contributed by atoms with Gasteiger partial charge in [0.25, 0.3) is 0 Å². The lowest BCUT2D eigenvalue weighted by Gasteiger charge is -1.97. The Morgan fingerprint density at radius 2 is 2.00 bits per heavy atom. The van der Waals surface area contributed by atoms with Crippen molar-refractivity contribution in [2.45, 2.75) is 0 Å². The molecule has 48 valence electrons. The first-order valence-electron chi connectivity index (χ1n) is 2.40. The summed E-state index contributed by atoms with van der Waals surface area (Å²) in [5.41, 5.74) is 0. The average Bonchev–Trinajstić information content (AvgIpc) is 1.89. The quantitative estimate of drug-likeness (QED) is 0.547. The maximum atomic E-state index is 4.69. The highest BCUT2D eigenvalue weighted by Gasteiger charge is 1.93. The maximum Gasteiger partial charge on any atom is 0.151 e. The zero-order valence-corrected chi connectivity index (χ0v) is 7.02. The summed E-state index contributed by atoms with van der Waals surface area (Å²) in [4.78, 5) is 0. The Morgan fingerprint density at radius 1 is 1.33 bits per heavy atom. The van der Waals surface area contributed by atoms with Crippen LogP contribution in [0.15, 0.2) is 28.7 Å². The minimum Gasteiger partial charge on any atom is -0.428 e. The van der Waals surface area contributed by atoms with Crippen molar-refractivity contribution in [3.05, 3.63) is 28.7 Å². The van der Waals surface area contributed by atoms with E-state index in [0.29, 0.717) is 0 Å². The molecule has 0 unspecified atom stereocenters. The van der Waals surface area contributed by atoms with E-state index in [1.165, 1.54) is 0 Å². The highest BCUT2D eigenvalue weighted by molar-refractivity contribution is 9.10. The van der Waals surface area contributed by atoms with Crippen molar-refractivity contribution in [2.75, 3.05) is 0 Å². The molecule has 0 spiro atoms. The zero-order valence-electron chi connectivity index (χ0n) is 4.54. The lowest BCUT2D eigenvalue weighted by molar-refractivity contribution is 0.654. The van der Waals surface area contributed by atoms with Crippen molar-refractivity contribution in [1.82, 2.24) is 0 Å². The van der Waals surface area contributed by atoms with Gasteiger partial charge in [0.2, 0.25) is 0 Å². The summed E-state index contributed by atoms with van der Waals surface area (Å²) in [6, 6.07) is 7.53. The van der Waals surface area contributed by atoms with Crippen molar-refractivity contribution in [3.63, 3.8) is 0 Å². The Balaban J connectivity index is 3.01. The van der Waals surface area contributed by atoms with Crippen LogP contribution in [0.2, 0.25) is 0 Å². The molecule has 3 heteroatoms. The van der Waals surface area contributed by atoms with E-state index in [1.807, 2.05) is 24.3 Å². The molecule has 1 aromatic carbocycles. The molecule has 0 bridgehead atoms. The minimum atomic E-state index is 0.737. The van der Waals surface area contributed by atoms with Crippen LogP contribution >= 0.6 is 28.8 Å². The molecule has 0 aromatic heterocycles. The third-order valence-electron chi connectivity index (χ3n) is 0.935. The third-order valence-corrected chi connectivity index (χ3v) is 1.79. The van der Waals surface area contributed by atoms with E-state index in [4.69, 9.17) is 4.18 Å². The van der Waals surface area contributed by atoms with E-state index in [0.717, 1.165) is 10.2 Å². The monoisotopic (exact) mass is 204 g/mol. The predicted octanol–water partition coefficient (Wildman–Crippen LogP) is 2.67. The Hall–Kier alpha value is -0.150. The summed E-state index contributed by atoms with van der Waals surface area (Å²) in [6.07, 6.45) is 0. The van der Waals surface area contributed by atoms with Crippen LogP contribution in [-0.2, 0) is 0 Å². The molecule has 0 radical (unpaired) electrons. The summed E-state index contributed by atoms with van der Waals surface area (Å²) < 4.78 is 5.61. The lowest BCUT2D eigenvalue weighted by Crippen LogP contribution is -1.74. The van der Waals surface area contributed by atoms with Crippen molar-refractivity contribution < 1.29 is 4.18 Å². The van der Waals surface area contributed by atoms with Crippen LogP contribution in [0.5, 0.6) is 5.75 Å². The molecule has 0 fully saturated rings. The topological polar surface area (TPSA) is 9.23 Å². The smallest absolute Gasteiger partial charge is 0.151 e. The van der Waals surface area contributed by atoms with Gasteiger partial charge in [-0.05, 0) is 28.1 Å². The molecule has 0 saturated carbocycles. The Labute approximate surface area is 67.8 Å². The van der Waals surface area contributed by atoms with Crippen LogP contribution in [-0.4, -0.2) is 0 Å². The fourth-order valence-corrected chi connectivity index (χ4v) is 1.17. The van der Waals surface area contributed by atoms with E-state index >= 15 is 0 Å². The highest BCUT2D eigenvalue weighted by atomic mass is 79.9. The van der Waals surface area contributed by atoms with Gasteiger partial charge in [-0.1, -0.05) is 12.1 Å². The van der Waals surface area contributed by atoms with Crippen molar-refractivity contribution >= 4 is 28.8 Å². The van der Waals surface area contributed by atoms with Gasteiger partial charge in [-0.3, -0.25) is 0 Å². The Bertz CT molecular complexity index is 202. The molecule has 0 amide bonds. The van der Waals surface area contributed by atoms with Gasteiger partial charge in [-0.15, -0.1) is 0 Å². The highest BCUT2D eigenvalue weighted by Crippen LogP contribution is 2.24. The fourth-order valence-electron chi connectivity index (χ4n) is 0.519. The van der Waals surface area contributed by atoms with E-state index < -0.39 is 0 Å². The van der Waals surface area contributed by atoms with Crippen LogP contribution in [0.3, 0.4) is 0 Å². The second-order valence-corrected chi connectivity index (χ2v) is 2.56. The zero-order chi connectivity index (χ0) is 6.69. The summed E-state index contributed by atoms with van der Waals surface area (Å²) in [7, 11) is 0. The molecule has 0 atom stereocenters. The van der Waals surface area contributed by atoms with Gasteiger partial charge < -0.3 is 4.18 Å². The van der Waals surface area contributed by atoms with Gasteiger partial charge in [0.05, 0.1) is 4.47 Å².